The van der Waals surface area contributed by atoms with Gasteiger partial charge in [0.2, 0.25) is 0 Å². The SMILES string of the molecule is COc1cc2c(cc1-c1ccn(C)c1)-n1c(-c3cccs3)nc(C(=O)O)c1CC2. The van der Waals surface area contributed by atoms with Crippen molar-refractivity contribution in [1.29, 1.82) is 0 Å². The van der Waals surface area contributed by atoms with E-state index in [4.69, 9.17) is 4.74 Å². The number of fused-ring (bicyclic) bond motifs is 3. The van der Waals surface area contributed by atoms with E-state index < -0.39 is 5.97 Å². The van der Waals surface area contributed by atoms with Gasteiger partial charge >= 0.3 is 5.97 Å². The number of methoxy groups -OCH3 is 1. The van der Waals surface area contributed by atoms with Gasteiger partial charge in [-0.05, 0) is 48.1 Å². The number of carboxylic acids is 1. The predicted molar refractivity (Wildman–Crippen MR) is 112 cm³/mol. The molecule has 0 unspecified atom stereocenters. The molecular weight excluding hydrogens is 386 g/mol. The highest BCUT2D eigenvalue weighted by atomic mass is 32.1. The minimum Gasteiger partial charge on any atom is -0.496 e. The van der Waals surface area contributed by atoms with Crippen LogP contribution in [0.15, 0.2) is 48.1 Å². The van der Waals surface area contributed by atoms with Crippen molar-refractivity contribution in [3.63, 3.8) is 0 Å². The van der Waals surface area contributed by atoms with Crippen LogP contribution in [0.1, 0.15) is 21.7 Å². The van der Waals surface area contributed by atoms with E-state index >= 15 is 0 Å². The Balaban J connectivity index is 1.80. The number of hydrogen-bond donors (Lipinski definition) is 1. The molecule has 7 heteroatoms. The summed E-state index contributed by atoms with van der Waals surface area (Å²) in [5.41, 5.74) is 5.00. The smallest absolute Gasteiger partial charge is 0.356 e. The molecule has 6 nitrogen and oxygen atoms in total. The number of benzene rings is 1. The molecule has 0 bridgehead atoms. The average Bonchev–Trinajstić information content (AvgIpc) is 3.45. The Morgan fingerprint density at radius 3 is 2.79 bits per heavy atom. The van der Waals surface area contributed by atoms with Crippen LogP contribution in [-0.2, 0) is 19.9 Å². The molecule has 0 atom stereocenters. The topological polar surface area (TPSA) is 69.3 Å². The Morgan fingerprint density at radius 2 is 2.14 bits per heavy atom. The molecule has 0 saturated carbocycles. The fourth-order valence-electron chi connectivity index (χ4n) is 4.02. The van der Waals surface area contributed by atoms with Gasteiger partial charge < -0.3 is 14.4 Å². The standard InChI is InChI=1S/C22H19N3O3S/c1-24-8-7-14(12-24)15-11-17-13(10-18(15)28-2)5-6-16-20(22(26)27)23-21(25(16)17)19-4-3-9-29-19/h3-4,7-12H,5-6H2,1-2H3,(H,26,27). The molecule has 29 heavy (non-hydrogen) atoms. The highest BCUT2D eigenvalue weighted by molar-refractivity contribution is 7.13. The van der Waals surface area contributed by atoms with Crippen molar-refractivity contribution in [2.24, 2.45) is 7.05 Å². The third-order valence-corrected chi connectivity index (χ3v) is 6.20. The molecule has 1 aliphatic heterocycles. The molecule has 0 saturated heterocycles. The Kier molecular flexibility index (Phi) is 4.06. The highest BCUT2D eigenvalue weighted by Gasteiger charge is 2.29. The van der Waals surface area contributed by atoms with Crippen LogP contribution >= 0.6 is 11.3 Å². The van der Waals surface area contributed by atoms with Crippen molar-refractivity contribution in [3.05, 3.63) is 65.1 Å². The number of thiophene rings is 1. The van der Waals surface area contributed by atoms with E-state index in [1.54, 1.807) is 18.4 Å². The Morgan fingerprint density at radius 1 is 1.28 bits per heavy atom. The highest BCUT2D eigenvalue weighted by Crippen LogP contribution is 2.40. The molecule has 3 aromatic heterocycles. The number of aromatic nitrogens is 3. The minimum atomic E-state index is -0.989. The van der Waals surface area contributed by atoms with Gasteiger partial charge in [-0.15, -0.1) is 11.3 Å². The van der Waals surface area contributed by atoms with Crippen molar-refractivity contribution in [3.8, 4) is 33.3 Å². The van der Waals surface area contributed by atoms with Crippen LogP contribution < -0.4 is 4.74 Å². The molecular formula is C22H19N3O3S. The number of ether oxygens (including phenoxy) is 1. The molecule has 0 spiro atoms. The third kappa shape index (κ3) is 2.77. The lowest BCUT2D eigenvalue weighted by atomic mass is 9.96. The number of carboxylic acid groups (broad SMARTS) is 1. The van der Waals surface area contributed by atoms with Crippen molar-refractivity contribution in [2.75, 3.05) is 7.11 Å². The molecule has 146 valence electrons. The van der Waals surface area contributed by atoms with Gasteiger partial charge in [0.25, 0.3) is 0 Å². The van der Waals surface area contributed by atoms with Crippen molar-refractivity contribution in [2.45, 2.75) is 12.8 Å². The van der Waals surface area contributed by atoms with E-state index in [1.807, 2.05) is 52.2 Å². The first-order valence-corrected chi connectivity index (χ1v) is 10.2. The van der Waals surface area contributed by atoms with E-state index in [2.05, 4.69) is 17.1 Å². The molecule has 1 aromatic carbocycles. The van der Waals surface area contributed by atoms with Gasteiger partial charge in [-0.3, -0.25) is 4.57 Å². The summed E-state index contributed by atoms with van der Waals surface area (Å²) in [6.07, 6.45) is 5.42. The molecule has 0 fully saturated rings. The van der Waals surface area contributed by atoms with Gasteiger partial charge in [-0.25, -0.2) is 9.78 Å². The van der Waals surface area contributed by atoms with Gasteiger partial charge in [-0.1, -0.05) is 6.07 Å². The van der Waals surface area contributed by atoms with Crippen LogP contribution in [0.25, 0.3) is 27.5 Å². The van der Waals surface area contributed by atoms with Gasteiger partial charge in [0.1, 0.15) is 5.75 Å². The zero-order valence-electron chi connectivity index (χ0n) is 16.0. The summed E-state index contributed by atoms with van der Waals surface area (Å²) < 4.78 is 9.69. The summed E-state index contributed by atoms with van der Waals surface area (Å²) >= 11 is 1.56. The minimum absolute atomic E-state index is 0.135. The third-order valence-electron chi connectivity index (χ3n) is 5.33. The fraction of sp³-hybridized carbons (Fsp3) is 0.182. The van der Waals surface area contributed by atoms with Crippen LogP contribution in [-0.4, -0.2) is 32.3 Å². The number of rotatable bonds is 4. The quantitative estimate of drug-likeness (QED) is 0.546. The lowest BCUT2D eigenvalue weighted by Crippen LogP contribution is -2.15. The molecule has 4 heterocycles. The Labute approximate surface area is 171 Å². The maximum absolute atomic E-state index is 11.9. The summed E-state index contributed by atoms with van der Waals surface area (Å²) in [5, 5.41) is 11.7. The van der Waals surface area contributed by atoms with Crippen molar-refractivity contribution in [1.82, 2.24) is 14.1 Å². The van der Waals surface area contributed by atoms with Gasteiger partial charge in [0.15, 0.2) is 11.5 Å². The lowest BCUT2D eigenvalue weighted by molar-refractivity contribution is 0.0689. The van der Waals surface area contributed by atoms with E-state index in [0.717, 1.165) is 45.1 Å². The van der Waals surface area contributed by atoms with E-state index in [9.17, 15) is 9.90 Å². The zero-order chi connectivity index (χ0) is 20.1. The number of nitrogens with zero attached hydrogens (tertiary/aromatic N) is 3. The van der Waals surface area contributed by atoms with Crippen LogP contribution in [0, 0.1) is 0 Å². The summed E-state index contributed by atoms with van der Waals surface area (Å²) in [5.74, 6) is 0.504. The second-order valence-electron chi connectivity index (χ2n) is 7.10. The summed E-state index contributed by atoms with van der Waals surface area (Å²) in [7, 11) is 3.66. The van der Waals surface area contributed by atoms with E-state index in [0.29, 0.717) is 12.2 Å². The average molecular weight is 405 g/mol. The second kappa shape index (κ2) is 6.63. The Bertz CT molecular complexity index is 1230. The maximum Gasteiger partial charge on any atom is 0.356 e. The number of aromatic carboxylic acids is 1. The number of carbonyl (C=O) groups is 1. The van der Waals surface area contributed by atoms with Crippen LogP contribution in [0.2, 0.25) is 0 Å². The first kappa shape index (κ1) is 17.8. The fourth-order valence-corrected chi connectivity index (χ4v) is 4.72. The summed E-state index contributed by atoms with van der Waals surface area (Å²) in [6, 6.07) is 10.1. The van der Waals surface area contributed by atoms with E-state index in [1.165, 1.54) is 0 Å². The monoisotopic (exact) mass is 405 g/mol. The lowest BCUT2D eigenvalue weighted by Gasteiger charge is -2.23. The van der Waals surface area contributed by atoms with Crippen LogP contribution in [0.5, 0.6) is 5.75 Å². The maximum atomic E-state index is 11.9. The second-order valence-corrected chi connectivity index (χ2v) is 8.04. The zero-order valence-corrected chi connectivity index (χ0v) is 16.9. The first-order valence-electron chi connectivity index (χ1n) is 9.29. The van der Waals surface area contributed by atoms with Crippen LogP contribution in [0.4, 0.5) is 0 Å². The van der Waals surface area contributed by atoms with Gasteiger partial charge in [-0.2, -0.15) is 0 Å². The number of hydrogen-bond acceptors (Lipinski definition) is 4. The Hall–Kier alpha value is -3.32. The summed E-state index contributed by atoms with van der Waals surface area (Å²) in [6.45, 7) is 0. The first-order chi connectivity index (χ1) is 14.1. The molecule has 5 rings (SSSR count). The van der Waals surface area contributed by atoms with Gasteiger partial charge in [0.05, 0.1) is 23.4 Å². The summed E-state index contributed by atoms with van der Waals surface area (Å²) in [4.78, 5) is 17.3. The molecule has 0 radical (unpaired) electrons. The van der Waals surface area contributed by atoms with Crippen LogP contribution in [0.3, 0.4) is 0 Å². The molecule has 0 aliphatic carbocycles. The molecule has 1 N–H and O–H groups in total. The largest absolute Gasteiger partial charge is 0.496 e. The normalized spacial score (nSPS) is 12.5. The molecule has 0 amide bonds. The van der Waals surface area contributed by atoms with Crippen molar-refractivity contribution < 1.29 is 14.6 Å². The predicted octanol–water partition coefficient (Wildman–Crippen LogP) is 4.41. The number of imidazole rings is 1. The van der Waals surface area contributed by atoms with Gasteiger partial charge in [0, 0.05) is 30.6 Å². The molecule has 1 aliphatic rings. The van der Waals surface area contributed by atoms with E-state index in [-0.39, 0.29) is 5.69 Å². The van der Waals surface area contributed by atoms with Crippen molar-refractivity contribution >= 4 is 17.3 Å². The number of aryl methyl sites for hydroxylation is 2. The molecule has 4 aromatic rings.